The van der Waals surface area contributed by atoms with Crippen LogP contribution in [0.4, 0.5) is 0 Å². The number of hydrogen-bond donors (Lipinski definition) is 2. The largest absolute Gasteiger partial charge is 0.508 e. The maximum absolute atomic E-state index is 12.3. The summed E-state index contributed by atoms with van der Waals surface area (Å²) in [6.45, 7) is 0. The number of aromatic hydroxyl groups is 1. The third-order valence-electron chi connectivity index (χ3n) is 3.11. The summed E-state index contributed by atoms with van der Waals surface area (Å²) in [7, 11) is 2.96. The number of aliphatic hydroxyl groups is 1. The van der Waals surface area contributed by atoms with Gasteiger partial charge in [-0.05, 0) is 24.3 Å². The van der Waals surface area contributed by atoms with Crippen molar-refractivity contribution in [2.45, 2.75) is 6.10 Å². The summed E-state index contributed by atoms with van der Waals surface area (Å²) >= 11 is 0. The van der Waals surface area contributed by atoms with Crippen LogP contribution in [0.25, 0.3) is 0 Å². The van der Waals surface area contributed by atoms with Crippen molar-refractivity contribution in [2.24, 2.45) is 0 Å². The van der Waals surface area contributed by atoms with Gasteiger partial charge in [-0.3, -0.25) is 4.79 Å². The molecule has 0 aliphatic rings. The van der Waals surface area contributed by atoms with E-state index in [1.54, 1.807) is 24.3 Å². The lowest BCUT2D eigenvalue weighted by atomic mass is 9.99. The molecule has 0 aliphatic carbocycles. The Bertz CT molecular complexity index is 651. The van der Waals surface area contributed by atoms with Crippen LogP contribution in [0.5, 0.6) is 17.2 Å². The molecule has 0 saturated heterocycles. The van der Waals surface area contributed by atoms with Crippen molar-refractivity contribution in [1.29, 1.82) is 0 Å². The van der Waals surface area contributed by atoms with E-state index in [-0.39, 0.29) is 11.3 Å². The number of methoxy groups -OCH3 is 2. The smallest absolute Gasteiger partial charge is 0.196 e. The van der Waals surface area contributed by atoms with Gasteiger partial charge in [0.05, 0.1) is 14.2 Å². The summed E-state index contributed by atoms with van der Waals surface area (Å²) in [5.74, 6) is 0.368. The molecule has 0 amide bonds. The van der Waals surface area contributed by atoms with E-state index in [1.807, 2.05) is 0 Å². The molecule has 0 aliphatic heterocycles. The average Bonchev–Trinajstić information content (AvgIpc) is 2.52. The van der Waals surface area contributed by atoms with Crippen LogP contribution in [0.15, 0.2) is 42.5 Å². The predicted molar refractivity (Wildman–Crippen MR) is 76.9 cm³/mol. The van der Waals surface area contributed by atoms with Gasteiger partial charge >= 0.3 is 0 Å². The van der Waals surface area contributed by atoms with Crippen LogP contribution in [0.2, 0.25) is 0 Å². The lowest BCUT2D eigenvalue weighted by Crippen LogP contribution is -2.13. The van der Waals surface area contributed by atoms with Crippen molar-refractivity contribution < 1.29 is 24.5 Å². The molecular weight excluding hydrogens is 272 g/mol. The second kappa shape index (κ2) is 6.28. The van der Waals surface area contributed by atoms with Gasteiger partial charge in [-0.25, -0.2) is 0 Å². The predicted octanol–water partition coefficient (Wildman–Crippen LogP) is 2.33. The van der Waals surface area contributed by atoms with Gasteiger partial charge in [0.25, 0.3) is 0 Å². The van der Waals surface area contributed by atoms with E-state index in [2.05, 4.69) is 0 Å². The quantitative estimate of drug-likeness (QED) is 0.826. The zero-order valence-corrected chi connectivity index (χ0v) is 11.7. The number of ketones is 1. The zero-order valence-electron chi connectivity index (χ0n) is 11.7. The molecule has 2 N–H and O–H groups in total. The normalized spacial score (nSPS) is 11.8. The van der Waals surface area contributed by atoms with Crippen LogP contribution in [0.3, 0.4) is 0 Å². The maximum Gasteiger partial charge on any atom is 0.196 e. The molecule has 5 nitrogen and oxygen atoms in total. The molecule has 2 rings (SSSR count). The molecular formula is C16H16O5. The lowest BCUT2D eigenvalue weighted by Gasteiger charge is -2.15. The number of aliphatic hydroxyl groups excluding tert-OH is 1. The van der Waals surface area contributed by atoms with Crippen molar-refractivity contribution in [3.8, 4) is 17.2 Å². The molecule has 21 heavy (non-hydrogen) atoms. The number of phenolic OH excluding ortho intramolecular Hbond substituents is 1. The monoisotopic (exact) mass is 288 g/mol. The van der Waals surface area contributed by atoms with E-state index < -0.39 is 11.9 Å². The molecule has 2 aromatic carbocycles. The number of ether oxygens (including phenoxy) is 2. The van der Waals surface area contributed by atoms with Gasteiger partial charge in [-0.2, -0.15) is 0 Å². The van der Waals surface area contributed by atoms with Crippen molar-refractivity contribution in [3.63, 3.8) is 0 Å². The Balaban J connectivity index is 2.35. The van der Waals surface area contributed by atoms with Crippen LogP contribution >= 0.6 is 0 Å². The number of hydrogen-bond acceptors (Lipinski definition) is 5. The number of carbonyl (C=O) groups is 1. The summed E-state index contributed by atoms with van der Waals surface area (Å²) in [6, 6.07) is 10.6. The Labute approximate surface area is 122 Å². The highest BCUT2D eigenvalue weighted by Crippen LogP contribution is 2.31. The summed E-state index contributed by atoms with van der Waals surface area (Å²) in [4.78, 5) is 12.3. The molecule has 0 bridgehead atoms. The van der Waals surface area contributed by atoms with Crippen molar-refractivity contribution in [2.75, 3.05) is 14.2 Å². The Hall–Kier alpha value is -2.53. The molecule has 5 heteroatoms. The number of carbonyl (C=O) groups excluding carboxylic acids is 1. The Morgan fingerprint density at radius 2 is 1.86 bits per heavy atom. The molecule has 1 unspecified atom stereocenters. The van der Waals surface area contributed by atoms with Gasteiger partial charge in [0.15, 0.2) is 5.78 Å². The zero-order chi connectivity index (χ0) is 15.4. The molecule has 2 aromatic rings. The van der Waals surface area contributed by atoms with Crippen molar-refractivity contribution in [3.05, 3.63) is 53.6 Å². The number of rotatable bonds is 5. The maximum atomic E-state index is 12.3. The van der Waals surface area contributed by atoms with E-state index in [0.29, 0.717) is 17.1 Å². The fraction of sp³-hybridized carbons (Fsp3) is 0.188. The van der Waals surface area contributed by atoms with Crippen molar-refractivity contribution >= 4 is 5.78 Å². The van der Waals surface area contributed by atoms with Crippen LogP contribution in [-0.2, 0) is 0 Å². The first kappa shape index (κ1) is 14.9. The van der Waals surface area contributed by atoms with Gasteiger partial charge in [0, 0.05) is 17.2 Å². The molecule has 0 aromatic heterocycles. The van der Waals surface area contributed by atoms with Crippen molar-refractivity contribution in [1.82, 2.24) is 0 Å². The molecule has 1 atom stereocenters. The Morgan fingerprint density at radius 3 is 2.48 bits per heavy atom. The van der Waals surface area contributed by atoms with Gasteiger partial charge < -0.3 is 19.7 Å². The van der Waals surface area contributed by atoms with Gasteiger partial charge in [-0.15, -0.1) is 0 Å². The second-order valence-electron chi connectivity index (χ2n) is 4.42. The molecule has 0 spiro atoms. The fourth-order valence-corrected chi connectivity index (χ4v) is 2.00. The highest BCUT2D eigenvalue weighted by atomic mass is 16.5. The van der Waals surface area contributed by atoms with Crippen LogP contribution in [-0.4, -0.2) is 30.2 Å². The first-order chi connectivity index (χ1) is 10.1. The van der Waals surface area contributed by atoms with E-state index in [9.17, 15) is 15.0 Å². The molecule has 0 fully saturated rings. The Morgan fingerprint density at radius 1 is 1.10 bits per heavy atom. The first-order valence-corrected chi connectivity index (χ1v) is 6.30. The number of benzene rings is 2. The third-order valence-corrected chi connectivity index (χ3v) is 3.11. The first-order valence-electron chi connectivity index (χ1n) is 6.30. The van der Waals surface area contributed by atoms with E-state index in [0.717, 1.165) is 0 Å². The highest BCUT2D eigenvalue weighted by Gasteiger charge is 2.23. The highest BCUT2D eigenvalue weighted by molar-refractivity contribution is 6.00. The Kier molecular flexibility index (Phi) is 4.45. The third kappa shape index (κ3) is 3.14. The van der Waals surface area contributed by atoms with Crippen LogP contribution in [0.1, 0.15) is 22.0 Å². The van der Waals surface area contributed by atoms with Crippen LogP contribution in [0, 0.1) is 0 Å². The van der Waals surface area contributed by atoms with Gasteiger partial charge in [0.2, 0.25) is 0 Å². The minimum absolute atomic E-state index is 0.0326. The standard InChI is InChI=1S/C16H16O5/c1-20-12-6-7-13(14(9-12)21-2)16(19)15(18)10-4-3-5-11(17)8-10/h3-9,16-17,19H,1-2H3. The van der Waals surface area contributed by atoms with Crippen LogP contribution < -0.4 is 9.47 Å². The number of Topliss-reactive ketones (excluding diaryl/α,β-unsaturated/α-hetero) is 1. The minimum Gasteiger partial charge on any atom is -0.508 e. The number of phenols is 1. The summed E-state index contributed by atoms with van der Waals surface area (Å²) < 4.78 is 10.2. The van der Waals surface area contributed by atoms with Gasteiger partial charge in [-0.1, -0.05) is 12.1 Å². The SMILES string of the molecule is COc1ccc(C(O)C(=O)c2cccc(O)c2)c(OC)c1. The fourth-order valence-electron chi connectivity index (χ4n) is 2.00. The van der Waals surface area contributed by atoms with E-state index in [1.165, 1.54) is 32.4 Å². The summed E-state index contributed by atoms with van der Waals surface area (Å²) in [6.07, 6.45) is -1.38. The molecule has 110 valence electrons. The lowest BCUT2D eigenvalue weighted by molar-refractivity contribution is 0.0742. The van der Waals surface area contributed by atoms with E-state index >= 15 is 0 Å². The van der Waals surface area contributed by atoms with Gasteiger partial charge in [0.1, 0.15) is 23.4 Å². The minimum atomic E-state index is -1.38. The molecule has 0 heterocycles. The topological polar surface area (TPSA) is 76.0 Å². The summed E-state index contributed by atoms with van der Waals surface area (Å²) in [5, 5.41) is 19.7. The molecule has 0 saturated carbocycles. The second-order valence-corrected chi connectivity index (χ2v) is 4.42. The molecule has 0 radical (unpaired) electrons. The summed E-state index contributed by atoms with van der Waals surface area (Å²) in [5.41, 5.74) is 0.562. The van der Waals surface area contributed by atoms with E-state index in [4.69, 9.17) is 9.47 Å². The average molecular weight is 288 g/mol.